The van der Waals surface area contributed by atoms with E-state index in [1.807, 2.05) is 0 Å². The molecule has 0 aliphatic heterocycles. The third kappa shape index (κ3) is 12.7. The second kappa shape index (κ2) is 7.87. The van der Waals surface area contributed by atoms with E-state index in [0.717, 1.165) is 0 Å². The van der Waals surface area contributed by atoms with Crippen molar-refractivity contribution in [3.8, 4) is 0 Å². The Hall–Kier alpha value is 0.645. The van der Waals surface area contributed by atoms with Gasteiger partial charge in [-0.25, -0.2) is 9.59 Å². The van der Waals surface area contributed by atoms with E-state index in [-0.39, 0.29) is 37.7 Å². The normalized spacial score (nSPS) is 16.4. The molecule has 0 aromatic rings. The first-order chi connectivity index (χ1) is 6.01. The van der Waals surface area contributed by atoms with Gasteiger partial charge in [0.15, 0.2) is 0 Å². The second-order valence-electron chi connectivity index (χ2n) is 2.36. The molecule has 0 saturated heterocycles. The monoisotopic (exact) mass is 258 g/mol. The maximum atomic E-state index is 10.6. The average Bonchev–Trinajstić information content (AvgIpc) is 1.78. The molecular weight excluding hydrogens is 249 g/mol. The molecule has 0 aromatic heterocycles. The Morgan fingerprint density at radius 3 is 1.19 bits per heavy atom. The van der Waals surface area contributed by atoms with Crippen molar-refractivity contribution in [2.45, 2.75) is 0 Å². The Kier molecular flexibility index (Phi) is 10.8. The summed E-state index contributed by atoms with van der Waals surface area (Å²) >= 11 is 0. The van der Waals surface area contributed by atoms with E-state index in [1.54, 1.807) is 0 Å². The SMILES string of the molecule is BP(=O)(O)OC(=O)C(=O)OP(B)(=O)O.[LiH].[LiH]. The van der Waals surface area contributed by atoms with Gasteiger partial charge >= 0.3 is 64.6 Å². The molecule has 2 unspecified atom stereocenters. The van der Waals surface area contributed by atoms with Crippen LogP contribution in [-0.4, -0.2) is 74.6 Å². The van der Waals surface area contributed by atoms with Crippen LogP contribution in [0.2, 0.25) is 0 Å². The van der Waals surface area contributed by atoms with Gasteiger partial charge in [-0.15, -0.1) is 0 Å². The van der Waals surface area contributed by atoms with Crippen molar-refractivity contribution in [3.63, 3.8) is 0 Å². The van der Waals surface area contributed by atoms with Gasteiger partial charge < -0.3 is 18.8 Å². The molecule has 14 heteroatoms. The topological polar surface area (TPSA) is 127 Å². The number of carbonyl (C=O) groups is 2. The first-order valence-corrected chi connectivity index (χ1v) is 7.14. The summed E-state index contributed by atoms with van der Waals surface area (Å²) in [6.45, 7) is 0. The molecule has 0 saturated carbocycles. The average molecular weight is 258 g/mol. The first-order valence-electron chi connectivity index (χ1n) is 3.09. The zero-order chi connectivity index (χ0) is 11.6. The Morgan fingerprint density at radius 2 is 1.06 bits per heavy atom. The molecule has 0 rings (SSSR count). The fourth-order valence-corrected chi connectivity index (χ4v) is 1.15. The van der Waals surface area contributed by atoms with Gasteiger partial charge in [0.2, 0.25) is 0 Å². The van der Waals surface area contributed by atoms with Crippen LogP contribution in [-0.2, 0) is 27.8 Å². The van der Waals surface area contributed by atoms with Gasteiger partial charge in [-0.3, -0.25) is 9.13 Å². The summed E-state index contributed by atoms with van der Waals surface area (Å²) in [5, 5.41) is 0. The molecule has 16 heavy (non-hydrogen) atoms. The Balaban J connectivity index is -0.000000845. The summed E-state index contributed by atoms with van der Waals surface area (Å²) in [5.74, 6) is -3.59. The van der Waals surface area contributed by atoms with Crippen molar-refractivity contribution < 1.29 is 37.6 Å². The van der Waals surface area contributed by atoms with Gasteiger partial charge in [0.05, 0.1) is 0 Å². The summed E-state index contributed by atoms with van der Waals surface area (Å²) in [4.78, 5) is 38.2. The van der Waals surface area contributed by atoms with Crippen molar-refractivity contribution in [3.05, 3.63) is 0 Å². The van der Waals surface area contributed by atoms with Crippen molar-refractivity contribution in [1.82, 2.24) is 0 Å². The van der Waals surface area contributed by atoms with E-state index >= 15 is 0 Å². The van der Waals surface area contributed by atoms with Crippen molar-refractivity contribution >= 4 is 79.7 Å². The van der Waals surface area contributed by atoms with Crippen LogP contribution in [0.1, 0.15) is 0 Å². The maximum absolute atomic E-state index is 10.6. The number of rotatable bonds is 2. The molecule has 82 valence electrons. The zero-order valence-electron chi connectivity index (χ0n) is 7.24. The van der Waals surface area contributed by atoms with Gasteiger partial charge in [-0.2, -0.15) is 0 Å². The van der Waals surface area contributed by atoms with Crippen LogP contribution in [0.5, 0.6) is 0 Å². The van der Waals surface area contributed by atoms with E-state index in [4.69, 9.17) is 9.79 Å². The van der Waals surface area contributed by atoms with E-state index < -0.39 is 26.9 Å². The van der Waals surface area contributed by atoms with Crippen LogP contribution in [0.4, 0.5) is 0 Å². The van der Waals surface area contributed by atoms with Crippen LogP contribution in [0.25, 0.3) is 0 Å². The molecule has 0 aliphatic carbocycles. The van der Waals surface area contributed by atoms with Crippen LogP contribution in [0, 0.1) is 0 Å². The van der Waals surface area contributed by atoms with Crippen molar-refractivity contribution in [1.29, 1.82) is 0 Å². The molecule has 0 spiro atoms. The first kappa shape index (κ1) is 21.9. The van der Waals surface area contributed by atoms with Crippen molar-refractivity contribution in [2.75, 3.05) is 0 Å². The quantitative estimate of drug-likeness (QED) is 0.293. The second-order valence-corrected chi connectivity index (χ2v) is 5.94. The molecule has 0 fully saturated rings. The molecule has 0 heterocycles. The summed E-state index contributed by atoms with van der Waals surface area (Å²) in [5.41, 5.74) is 0. The molecule has 0 aliphatic rings. The van der Waals surface area contributed by atoms with Gasteiger partial charge in [0, 0.05) is 0 Å². The van der Waals surface area contributed by atoms with E-state index in [2.05, 4.69) is 9.05 Å². The molecule has 0 bridgehead atoms. The van der Waals surface area contributed by atoms with Gasteiger partial charge in [-0.05, 0) is 0 Å². The Bertz CT molecular complexity index is 312. The predicted molar refractivity (Wildman–Crippen MR) is 63.2 cm³/mol. The number of carbonyl (C=O) groups excluding carboxylic acids is 2. The van der Waals surface area contributed by atoms with E-state index in [1.165, 1.54) is 0 Å². The predicted octanol–water partition coefficient (Wildman–Crippen LogP) is -3.76. The van der Waals surface area contributed by atoms with Crippen molar-refractivity contribution in [2.24, 2.45) is 0 Å². The van der Waals surface area contributed by atoms with Gasteiger partial charge in [0.25, 0.3) is 15.1 Å². The van der Waals surface area contributed by atoms with Gasteiger partial charge in [0.1, 0.15) is 0 Å². The number of hydrogen-bond acceptors (Lipinski definition) is 6. The molecule has 0 aromatic carbocycles. The fourth-order valence-electron chi connectivity index (χ4n) is 0.382. The van der Waals surface area contributed by atoms with Crippen LogP contribution in [0.15, 0.2) is 0 Å². The summed E-state index contributed by atoms with van der Waals surface area (Å²) in [6.07, 6.45) is 0. The Labute approximate surface area is 117 Å². The summed E-state index contributed by atoms with van der Waals surface area (Å²) in [7, 11) is -6.99. The molecular formula is C2H8B2Li2O8P2. The molecule has 0 radical (unpaired) electrons. The molecule has 2 atom stereocenters. The third-order valence-corrected chi connectivity index (χ3v) is 1.68. The molecule has 2 N–H and O–H groups in total. The van der Waals surface area contributed by atoms with Crippen LogP contribution >= 0.6 is 14.9 Å². The van der Waals surface area contributed by atoms with Crippen LogP contribution < -0.4 is 0 Å². The molecule has 8 nitrogen and oxygen atoms in total. The minimum atomic E-state index is -4.16. The summed E-state index contributed by atoms with van der Waals surface area (Å²) in [6, 6.07) is 0. The zero-order valence-corrected chi connectivity index (χ0v) is 9.03. The fraction of sp³-hybridized carbons (Fsp3) is 0. The number of hydrogen-bond donors (Lipinski definition) is 2. The summed E-state index contributed by atoms with van der Waals surface area (Å²) < 4.78 is 28.4. The van der Waals surface area contributed by atoms with E-state index in [0.29, 0.717) is 15.1 Å². The third-order valence-electron chi connectivity index (χ3n) is 0.671. The minimum absolute atomic E-state index is 0. The standard InChI is InChI=1S/C2H6B2O8P2.2Li.2H/c3-13(7,8)11-1(5)2(6)12-14(4,9)10;;;;/h3-4H2,(H,7,8)(H,9,10);;;;. The Morgan fingerprint density at radius 1 is 0.875 bits per heavy atom. The van der Waals surface area contributed by atoms with Crippen LogP contribution in [0.3, 0.4) is 0 Å². The molecule has 0 amide bonds. The van der Waals surface area contributed by atoms with Gasteiger partial charge in [-0.1, -0.05) is 0 Å². The van der Waals surface area contributed by atoms with E-state index in [9.17, 15) is 18.7 Å².